The molecule has 0 bridgehead atoms. The number of nitrogens with one attached hydrogen (secondary N) is 2. The predicted molar refractivity (Wildman–Crippen MR) is 93.1 cm³/mol. The molecule has 2 rings (SSSR count). The Morgan fingerprint density at radius 3 is 2.50 bits per heavy atom. The van der Waals surface area contributed by atoms with Crippen molar-refractivity contribution in [3.8, 4) is 0 Å². The molecule has 1 aromatic carbocycles. The number of alkyl halides is 3. The number of urea groups is 1. The fourth-order valence-corrected chi connectivity index (χ4v) is 3.31. The van der Waals surface area contributed by atoms with Crippen molar-refractivity contribution in [3.05, 3.63) is 34.9 Å². The molecule has 1 aromatic rings. The van der Waals surface area contributed by atoms with E-state index < -0.39 is 24.4 Å². The van der Waals surface area contributed by atoms with Crippen molar-refractivity contribution in [1.29, 1.82) is 0 Å². The van der Waals surface area contributed by atoms with Gasteiger partial charge < -0.3 is 15.7 Å². The summed E-state index contributed by atoms with van der Waals surface area (Å²) in [7, 11) is 0. The quantitative estimate of drug-likeness (QED) is 0.720. The Morgan fingerprint density at radius 2 is 1.92 bits per heavy atom. The summed E-state index contributed by atoms with van der Waals surface area (Å²) in [5.41, 5.74) is -0.839. The summed E-state index contributed by atoms with van der Waals surface area (Å²) >= 11 is 6.07. The molecule has 0 unspecified atom stereocenters. The lowest BCUT2D eigenvalue weighted by atomic mass is 9.96. The first-order valence-electron chi connectivity index (χ1n) is 8.38. The molecule has 26 heavy (non-hydrogen) atoms. The summed E-state index contributed by atoms with van der Waals surface area (Å²) in [6.07, 6.45) is -3.31. The molecule has 0 aliphatic carbocycles. The molecule has 9 heteroatoms. The number of carbonyl (C=O) groups excluding carboxylic acids is 1. The molecular weight excluding hydrogens is 371 g/mol. The van der Waals surface area contributed by atoms with E-state index in [1.54, 1.807) is 31.2 Å². The normalized spacial score (nSPS) is 19.0. The molecule has 1 fully saturated rings. The van der Waals surface area contributed by atoms with Crippen LogP contribution in [0.5, 0.6) is 0 Å². The zero-order valence-electron chi connectivity index (χ0n) is 14.4. The molecule has 146 valence electrons. The maximum atomic E-state index is 12.4. The van der Waals surface area contributed by atoms with Crippen LogP contribution in [-0.2, 0) is 5.60 Å². The van der Waals surface area contributed by atoms with Gasteiger partial charge in [0.15, 0.2) is 0 Å². The number of carbonyl (C=O) groups is 1. The largest absolute Gasteiger partial charge is 0.401 e. The molecule has 1 heterocycles. The predicted octanol–water partition coefficient (Wildman–Crippen LogP) is 2.87. The second kappa shape index (κ2) is 8.45. The number of hydrogen-bond acceptors (Lipinski definition) is 3. The number of hydrogen-bond donors (Lipinski definition) is 3. The highest BCUT2D eigenvalue weighted by atomic mass is 35.5. The first-order valence-corrected chi connectivity index (χ1v) is 8.75. The Labute approximate surface area is 155 Å². The van der Waals surface area contributed by atoms with Gasteiger partial charge in [0, 0.05) is 29.7 Å². The SMILES string of the molecule is C[C@](O)(CNC(=O)NC1CCN(CC(F)(F)F)CC1)c1ccccc1Cl. The second-order valence-corrected chi connectivity index (χ2v) is 7.15. The maximum absolute atomic E-state index is 12.4. The number of rotatable bonds is 5. The molecule has 0 aromatic heterocycles. The number of amides is 2. The number of likely N-dealkylation sites (tertiary alicyclic amines) is 1. The molecule has 5 nitrogen and oxygen atoms in total. The summed E-state index contributed by atoms with van der Waals surface area (Å²) in [6, 6.07) is 6.16. The Hall–Kier alpha value is -1.51. The van der Waals surface area contributed by atoms with Crippen LogP contribution in [0.15, 0.2) is 24.3 Å². The van der Waals surface area contributed by atoms with Crippen LogP contribution in [0.25, 0.3) is 0 Å². The summed E-state index contributed by atoms with van der Waals surface area (Å²) in [5, 5.41) is 16.3. The van der Waals surface area contributed by atoms with Crippen LogP contribution in [0.4, 0.5) is 18.0 Å². The molecule has 3 N–H and O–H groups in total. The molecule has 1 saturated heterocycles. The van der Waals surface area contributed by atoms with Gasteiger partial charge in [-0.3, -0.25) is 4.90 Å². The van der Waals surface area contributed by atoms with E-state index in [1.807, 2.05) is 0 Å². The van der Waals surface area contributed by atoms with E-state index in [4.69, 9.17) is 11.6 Å². The fourth-order valence-electron chi connectivity index (χ4n) is 2.97. The van der Waals surface area contributed by atoms with Crippen molar-refractivity contribution in [3.63, 3.8) is 0 Å². The van der Waals surface area contributed by atoms with Gasteiger partial charge >= 0.3 is 12.2 Å². The van der Waals surface area contributed by atoms with Crippen LogP contribution >= 0.6 is 11.6 Å². The van der Waals surface area contributed by atoms with Crippen molar-refractivity contribution in [2.45, 2.75) is 37.6 Å². The van der Waals surface area contributed by atoms with Crippen molar-refractivity contribution < 1.29 is 23.1 Å². The van der Waals surface area contributed by atoms with E-state index in [1.165, 1.54) is 4.90 Å². The summed E-state index contributed by atoms with van der Waals surface area (Å²) in [4.78, 5) is 13.4. The van der Waals surface area contributed by atoms with Gasteiger partial charge in [-0.25, -0.2) is 4.79 Å². The number of benzene rings is 1. The third-order valence-electron chi connectivity index (χ3n) is 4.37. The summed E-state index contributed by atoms with van der Waals surface area (Å²) in [5.74, 6) is 0. The van der Waals surface area contributed by atoms with E-state index in [-0.39, 0.29) is 25.7 Å². The Bertz CT molecular complexity index is 618. The molecule has 2 amide bonds. The first-order chi connectivity index (χ1) is 12.1. The minimum Gasteiger partial charge on any atom is -0.384 e. The lowest BCUT2D eigenvalue weighted by Gasteiger charge is -2.33. The highest BCUT2D eigenvalue weighted by Crippen LogP contribution is 2.27. The maximum Gasteiger partial charge on any atom is 0.401 e. The van der Waals surface area contributed by atoms with Crippen LogP contribution in [0, 0.1) is 0 Å². The molecule has 1 atom stereocenters. The van der Waals surface area contributed by atoms with Crippen LogP contribution < -0.4 is 10.6 Å². The van der Waals surface area contributed by atoms with Gasteiger partial charge in [0.25, 0.3) is 0 Å². The average molecular weight is 394 g/mol. The lowest BCUT2D eigenvalue weighted by molar-refractivity contribution is -0.148. The highest BCUT2D eigenvalue weighted by Gasteiger charge is 2.33. The Balaban J connectivity index is 1.77. The van der Waals surface area contributed by atoms with Crippen molar-refractivity contribution in [2.75, 3.05) is 26.2 Å². The van der Waals surface area contributed by atoms with Crippen LogP contribution in [-0.4, -0.2) is 54.4 Å². The van der Waals surface area contributed by atoms with Crippen molar-refractivity contribution in [1.82, 2.24) is 15.5 Å². The second-order valence-electron chi connectivity index (χ2n) is 6.75. The van der Waals surface area contributed by atoms with Gasteiger partial charge in [-0.15, -0.1) is 0 Å². The first kappa shape index (κ1) is 20.8. The smallest absolute Gasteiger partial charge is 0.384 e. The lowest BCUT2D eigenvalue weighted by Crippen LogP contribution is -2.51. The van der Waals surface area contributed by atoms with E-state index in [0.29, 0.717) is 23.4 Å². The zero-order chi connectivity index (χ0) is 19.4. The minimum absolute atomic E-state index is 0.0461. The number of halogens is 4. The highest BCUT2D eigenvalue weighted by molar-refractivity contribution is 6.31. The van der Waals surface area contributed by atoms with Crippen LogP contribution in [0.3, 0.4) is 0 Å². The van der Waals surface area contributed by atoms with Crippen molar-refractivity contribution >= 4 is 17.6 Å². The average Bonchev–Trinajstić information content (AvgIpc) is 2.54. The summed E-state index contributed by atoms with van der Waals surface area (Å²) < 4.78 is 37.1. The molecule has 0 saturated carbocycles. The topological polar surface area (TPSA) is 64.6 Å². The number of aliphatic hydroxyl groups is 1. The van der Waals surface area contributed by atoms with Gasteiger partial charge in [-0.1, -0.05) is 29.8 Å². The fraction of sp³-hybridized carbons (Fsp3) is 0.588. The van der Waals surface area contributed by atoms with Gasteiger partial charge in [-0.2, -0.15) is 13.2 Å². The van der Waals surface area contributed by atoms with Gasteiger partial charge in [-0.05, 0) is 25.8 Å². The third kappa shape index (κ3) is 6.34. The Kier molecular flexibility index (Phi) is 6.76. The molecule has 1 aliphatic rings. The minimum atomic E-state index is -4.21. The zero-order valence-corrected chi connectivity index (χ0v) is 15.2. The number of piperidine rings is 1. The summed E-state index contributed by atoms with van der Waals surface area (Å²) in [6.45, 7) is 1.13. The van der Waals surface area contributed by atoms with Gasteiger partial charge in [0.05, 0.1) is 13.1 Å². The van der Waals surface area contributed by atoms with E-state index in [0.717, 1.165) is 0 Å². The van der Waals surface area contributed by atoms with E-state index in [2.05, 4.69) is 10.6 Å². The number of nitrogens with zero attached hydrogens (tertiary/aromatic N) is 1. The van der Waals surface area contributed by atoms with Gasteiger partial charge in [0.1, 0.15) is 5.60 Å². The van der Waals surface area contributed by atoms with Crippen molar-refractivity contribution in [2.24, 2.45) is 0 Å². The van der Waals surface area contributed by atoms with Crippen LogP contribution in [0.2, 0.25) is 5.02 Å². The van der Waals surface area contributed by atoms with E-state index in [9.17, 15) is 23.1 Å². The Morgan fingerprint density at radius 1 is 1.31 bits per heavy atom. The third-order valence-corrected chi connectivity index (χ3v) is 4.70. The monoisotopic (exact) mass is 393 g/mol. The van der Waals surface area contributed by atoms with Crippen LogP contribution in [0.1, 0.15) is 25.3 Å². The van der Waals surface area contributed by atoms with Gasteiger partial charge in [0.2, 0.25) is 0 Å². The standard InChI is InChI=1S/C17H23ClF3N3O2/c1-16(26,13-4-2-3-5-14(13)18)10-22-15(25)23-12-6-8-24(9-7-12)11-17(19,20)21/h2-5,12,26H,6-11H2,1H3,(H2,22,23,25)/t16-/m0/s1. The molecule has 0 spiro atoms. The molecule has 0 radical (unpaired) electrons. The molecule has 1 aliphatic heterocycles. The molecular formula is C17H23ClF3N3O2. The van der Waals surface area contributed by atoms with E-state index >= 15 is 0 Å².